The summed E-state index contributed by atoms with van der Waals surface area (Å²) in [5.74, 6) is -85.9. The van der Waals surface area contributed by atoms with Crippen LogP contribution in [-0.2, 0) is 19.1 Å². The Morgan fingerprint density at radius 2 is 0.597 bits per heavy atom. The van der Waals surface area contributed by atoms with Gasteiger partial charge in [0.1, 0.15) is 12.2 Å². The van der Waals surface area contributed by atoms with Crippen LogP contribution in [0.2, 0.25) is 0 Å². The van der Waals surface area contributed by atoms with Crippen molar-refractivity contribution in [2.75, 3.05) is 0 Å². The van der Waals surface area contributed by atoms with Gasteiger partial charge in [-0.15, -0.1) is 0 Å². The largest absolute Gasteiger partial charge is 0.460 e. The van der Waals surface area contributed by atoms with Gasteiger partial charge in [0.2, 0.25) is 0 Å². The van der Waals surface area contributed by atoms with E-state index in [1.54, 1.807) is 0 Å². The number of halogens is 26. The van der Waals surface area contributed by atoms with Crippen LogP contribution in [0.1, 0.15) is 77.0 Å². The Labute approximate surface area is 330 Å². The molecule has 0 N–H and O–H groups in total. The predicted octanol–water partition coefficient (Wildman–Crippen LogP) is 12.8. The highest BCUT2D eigenvalue weighted by molar-refractivity contribution is 5.91. The number of hydrogen-bond donors (Lipinski definition) is 0. The second kappa shape index (κ2) is 17.7. The van der Waals surface area contributed by atoms with E-state index in [4.69, 9.17) is 0 Å². The number of hydrogen-bond acceptors (Lipinski definition) is 4. The third-order valence-electron chi connectivity index (χ3n) is 10.2. The van der Waals surface area contributed by atoms with E-state index in [1.807, 2.05) is 0 Å². The molecule has 4 nitrogen and oxygen atoms in total. The molecule has 0 aromatic heterocycles. The smallest absolute Gasteiger partial charge is 0.459 e. The van der Waals surface area contributed by atoms with E-state index in [1.165, 1.54) is 0 Å². The van der Waals surface area contributed by atoms with Crippen LogP contribution in [-0.4, -0.2) is 95.7 Å². The number of esters is 2. The Morgan fingerprint density at radius 3 is 0.823 bits per heavy atom. The highest BCUT2D eigenvalue weighted by Gasteiger charge is 2.92. The summed E-state index contributed by atoms with van der Waals surface area (Å²) < 4.78 is 365. The quantitative estimate of drug-likeness (QED) is 0.0780. The Morgan fingerprint density at radius 1 is 0.371 bits per heavy atom. The summed E-state index contributed by atoms with van der Waals surface area (Å²) in [6, 6.07) is 0. The number of ether oxygens (including phenoxy) is 2. The van der Waals surface area contributed by atoms with Gasteiger partial charge < -0.3 is 9.47 Å². The van der Waals surface area contributed by atoms with Crippen LogP contribution in [0, 0.1) is 11.8 Å². The standard InChI is InChI=1S/C32H30F26O4/c33-21(34,23(37,38)25(41,42)27(45,46)29(49,50)31(53,54)55)13-17(15-7-3-1-4-8-15)61-19(59)11-12-20(60)62-18(16-9-5-2-6-10-16)14-22(35,36)24(39,40)26(43,44)28(47,48)30(51,52)32(56,57)58/h11-12,15-18H,1-10,13-14H2/b12-11+. The lowest BCUT2D eigenvalue weighted by molar-refractivity contribution is -0.441. The molecule has 0 spiro atoms. The molecular weight excluding hydrogens is 942 g/mol. The minimum absolute atomic E-state index is 0.0462. The molecule has 2 unspecified atom stereocenters. The zero-order valence-corrected chi connectivity index (χ0v) is 30.4. The summed E-state index contributed by atoms with van der Waals surface area (Å²) in [4.78, 5) is 25.0. The summed E-state index contributed by atoms with van der Waals surface area (Å²) in [5, 5.41) is 0. The maximum atomic E-state index is 14.8. The summed E-state index contributed by atoms with van der Waals surface area (Å²) in [6.07, 6.45) is -29.3. The van der Waals surface area contributed by atoms with E-state index in [9.17, 15) is 124 Å². The van der Waals surface area contributed by atoms with Crippen LogP contribution in [0.5, 0.6) is 0 Å². The molecule has 2 aliphatic rings. The van der Waals surface area contributed by atoms with Crippen LogP contribution in [0.3, 0.4) is 0 Å². The topological polar surface area (TPSA) is 52.6 Å². The van der Waals surface area contributed by atoms with Crippen molar-refractivity contribution in [1.29, 1.82) is 0 Å². The molecule has 0 radical (unpaired) electrons. The molecule has 0 heterocycles. The lowest BCUT2D eigenvalue weighted by Crippen LogP contribution is -2.70. The van der Waals surface area contributed by atoms with Crippen LogP contribution < -0.4 is 0 Å². The van der Waals surface area contributed by atoms with Gasteiger partial charge in [0.05, 0.1) is 12.8 Å². The fourth-order valence-electron chi connectivity index (χ4n) is 6.50. The molecule has 0 amide bonds. The first-order chi connectivity index (χ1) is 27.4. The molecule has 30 heteroatoms. The Bertz CT molecular complexity index is 1460. The maximum Gasteiger partial charge on any atom is 0.460 e. The fourth-order valence-corrected chi connectivity index (χ4v) is 6.50. The third kappa shape index (κ3) is 9.90. The highest BCUT2D eigenvalue weighted by Crippen LogP contribution is 2.63. The summed E-state index contributed by atoms with van der Waals surface area (Å²) in [5.41, 5.74) is 0. The number of rotatable bonds is 18. The van der Waals surface area contributed by atoms with E-state index >= 15 is 0 Å². The average Bonchev–Trinajstić information content (AvgIpc) is 3.12. The van der Waals surface area contributed by atoms with Crippen molar-refractivity contribution in [3.8, 4) is 0 Å². The first kappa shape index (κ1) is 55.0. The van der Waals surface area contributed by atoms with Gasteiger partial charge in [0, 0.05) is 12.2 Å². The lowest BCUT2D eigenvalue weighted by atomic mass is 9.81. The van der Waals surface area contributed by atoms with Gasteiger partial charge in [-0.1, -0.05) is 38.5 Å². The minimum atomic E-state index is -8.27. The summed E-state index contributed by atoms with van der Waals surface area (Å²) in [7, 11) is 0. The second-order valence-electron chi connectivity index (χ2n) is 14.5. The van der Waals surface area contributed by atoms with Crippen molar-refractivity contribution in [2.24, 2.45) is 11.8 Å². The monoisotopic (exact) mass is 972 g/mol. The van der Waals surface area contributed by atoms with E-state index < -0.39 is 146 Å². The van der Waals surface area contributed by atoms with E-state index in [2.05, 4.69) is 9.47 Å². The van der Waals surface area contributed by atoms with E-state index in [0.29, 0.717) is 0 Å². The molecule has 62 heavy (non-hydrogen) atoms. The molecular formula is C32H30F26O4. The van der Waals surface area contributed by atoms with Crippen LogP contribution in [0.4, 0.5) is 114 Å². The molecule has 0 aliphatic heterocycles. The van der Waals surface area contributed by atoms with E-state index in [-0.39, 0.29) is 50.7 Å². The van der Waals surface area contributed by atoms with Crippen molar-refractivity contribution in [1.82, 2.24) is 0 Å². The Balaban J connectivity index is 2.43. The average molecular weight is 973 g/mol. The molecule has 2 rings (SSSR count). The van der Waals surface area contributed by atoms with Gasteiger partial charge in [-0.05, 0) is 37.5 Å². The minimum Gasteiger partial charge on any atom is -0.459 e. The molecule has 0 bridgehead atoms. The van der Waals surface area contributed by atoms with Crippen molar-refractivity contribution in [3.63, 3.8) is 0 Å². The Kier molecular flexibility index (Phi) is 15.7. The number of carbonyl (C=O) groups is 2. The number of alkyl halides is 26. The maximum absolute atomic E-state index is 14.8. The molecule has 364 valence electrons. The molecule has 2 atom stereocenters. The van der Waals surface area contributed by atoms with Crippen LogP contribution >= 0.6 is 0 Å². The van der Waals surface area contributed by atoms with Gasteiger partial charge in [-0.25, -0.2) is 9.59 Å². The molecule has 2 saturated carbocycles. The lowest BCUT2D eigenvalue weighted by Gasteiger charge is -2.41. The van der Waals surface area contributed by atoms with Gasteiger partial charge in [-0.3, -0.25) is 0 Å². The summed E-state index contributed by atoms with van der Waals surface area (Å²) >= 11 is 0. The van der Waals surface area contributed by atoms with Gasteiger partial charge >= 0.3 is 83.5 Å². The second-order valence-corrected chi connectivity index (χ2v) is 14.5. The molecule has 2 fully saturated rings. The molecule has 2 aliphatic carbocycles. The Hall–Kier alpha value is -3.14. The third-order valence-corrected chi connectivity index (χ3v) is 10.2. The normalized spacial score (nSPS) is 19.7. The summed E-state index contributed by atoms with van der Waals surface area (Å²) in [6.45, 7) is 0. The van der Waals surface area contributed by atoms with Gasteiger partial charge in [0.15, 0.2) is 0 Å². The predicted molar refractivity (Wildman–Crippen MR) is 153 cm³/mol. The van der Waals surface area contributed by atoms with Gasteiger partial charge in [-0.2, -0.15) is 114 Å². The molecule has 0 saturated heterocycles. The van der Waals surface area contributed by atoms with E-state index in [0.717, 1.165) is 0 Å². The molecule has 0 aromatic rings. The van der Waals surface area contributed by atoms with Crippen LogP contribution in [0.25, 0.3) is 0 Å². The van der Waals surface area contributed by atoms with Crippen LogP contribution in [0.15, 0.2) is 12.2 Å². The fraction of sp³-hybridized carbons (Fsp3) is 0.875. The van der Waals surface area contributed by atoms with Crippen molar-refractivity contribution < 1.29 is 133 Å². The first-order valence-corrected chi connectivity index (χ1v) is 17.4. The van der Waals surface area contributed by atoms with Crippen molar-refractivity contribution >= 4 is 11.9 Å². The zero-order valence-electron chi connectivity index (χ0n) is 30.4. The van der Waals surface area contributed by atoms with Crippen molar-refractivity contribution in [3.05, 3.63) is 12.2 Å². The molecule has 0 aromatic carbocycles. The SMILES string of the molecule is O=C(/C=C/C(=O)OC(CC(F)(F)C(F)(F)C(F)(F)C(F)(F)C(F)(F)C(F)(F)F)C1CCCCC1)OC(CC(F)(F)C(F)(F)C(F)(F)C(F)(F)C(F)(F)C(F)(F)F)C1CCCCC1. The first-order valence-electron chi connectivity index (χ1n) is 17.4. The highest BCUT2D eigenvalue weighted by atomic mass is 19.4. The zero-order chi connectivity index (χ0) is 48.8. The van der Waals surface area contributed by atoms with Gasteiger partial charge in [0.25, 0.3) is 0 Å². The number of carbonyl (C=O) groups excluding carboxylic acids is 2. The van der Waals surface area contributed by atoms with Crippen molar-refractivity contribution in [2.45, 2.75) is 161 Å².